The third-order valence-electron chi connectivity index (χ3n) is 5.45. The lowest BCUT2D eigenvalue weighted by Crippen LogP contribution is -2.50. The fourth-order valence-electron chi connectivity index (χ4n) is 3.81. The smallest absolute Gasteiger partial charge is 0.244 e. The summed E-state index contributed by atoms with van der Waals surface area (Å²) in [7, 11) is -3.65. The fraction of sp³-hybridized carbons (Fsp3) is 0.458. The van der Waals surface area contributed by atoms with Crippen LogP contribution in [0.15, 0.2) is 36.4 Å². The van der Waals surface area contributed by atoms with Crippen LogP contribution in [0.2, 0.25) is 0 Å². The van der Waals surface area contributed by atoms with Gasteiger partial charge in [-0.25, -0.2) is 8.42 Å². The largest absolute Gasteiger partial charge is 0.347 e. The number of hydrogen-bond acceptors (Lipinski definition) is 3. The molecule has 0 bridgehead atoms. The number of nitrogens with one attached hydrogen (secondary N) is 1. The van der Waals surface area contributed by atoms with Gasteiger partial charge in [0.1, 0.15) is 6.04 Å². The monoisotopic (exact) mass is 430 g/mol. The Hall–Kier alpha value is -2.34. The van der Waals surface area contributed by atoms with Gasteiger partial charge >= 0.3 is 0 Å². The average molecular weight is 431 g/mol. The third-order valence-corrected chi connectivity index (χ3v) is 6.63. The van der Waals surface area contributed by atoms with Gasteiger partial charge in [-0.2, -0.15) is 0 Å². The van der Waals surface area contributed by atoms with E-state index in [2.05, 4.69) is 24.4 Å². The maximum atomic E-state index is 13.3. The predicted octanol–water partition coefficient (Wildman–Crippen LogP) is 4.73. The summed E-state index contributed by atoms with van der Waals surface area (Å²) in [5.41, 5.74) is 5.83. The third kappa shape index (κ3) is 5.63. The first-order valence-corrected chi connectivity index (χ1v) is 12.3. The Morgan fingerprint density at radius 3 is 2.00 bits per heavy atom. The molecule has 0 aliphatic heterocycles. The molecular formula is C24H34N2O3S. The molecular weight excluding hydrogens is 396 g/mol. The van der Waals surface area contributed by atoms with E-state index in [9.17, 15) is 13.2 Å². The molecule has 1 N–H and O–H groups in total. The summed E-state index contributed by atoms with van der Waals surface area (Å²) < 4.78 is 26.7. The minimum atomic E-state index is -3.65. The number of hydrogen-bond donors (Lipinski definition) is 1. The summed E-state index contributed by atoms with van der Waals surface area (Å²) in [6.45, 7) is 11.8. The summed E-state index contributed by atoms with van der Waals surface area (Å²) in [5, 5.41) is 3.09. The molecule has 2 aromatic rings. The van der Waals surface area contributed by atoms with Gasteiger partial charge in [-0.05, 0) is 80.5 Å². The van der Waals surface area contributed by atoms with E-state index in [-0.39, 0.29) is 11.9 Å². The molecule has 0 spiro atoms. The van der Waals surface area contributed by atoms with Crippen molar-refractivity contribution >= 4 is 21.6 Å². The van der Waals surface area contributed by atoms with Crippen LogP contribution < -0.4 is 9.62 Å². The van der Waals surface area contributed by atoms with Crippen LogP contribution in [0.5, 0.6) is 0 Å². The molecule has 0 saturated carbocycles. The van der Waals surface area contributed by atoms with Gasteiger partial charge in [-0.15, -0.1) is 0 Å². The minimum absolute atomic E-state index is 0.175. The summed E-state index contributed by atoms with van der Waals surface area (Å²) in [4.78, 5) is 13.3. The van der Waals surface area contributed by atoms with Crippen molar-refractivity contribution in [3.63, 3.8) is 0 Å². The number of sulfonamides is 1. The van der Waals surface area contributed by atoms with Gasteiger partial charge < -0.3 is 5.32 Å². The summed E-state index contributed by atoms with van der Waals surface area (Å²) in [6.07, 6.45) is 2.24. The first-order valence-electron chi connectivity index (χ1n) is 10.4. The van der Waals surface area contributed by atoms with Crippen molar-refractivity contribution in [1.29, 1.82) is 0 Å². The van der Waals surface area contributed by atoms with Crippen LogP contribution in [0.25, 0.3) is 0 Å². The Morgan fingerprint density at radius 1 is 0.933 bits per heavy atom. The number of aryl methyl sites for hydroxylation is 4. The second-order valence-electron chi connectivity index (χ2n) is 8.14. The van der Waals surface area contributed by atoms with Gasteiger partial charge in [-0.3, -0.25) is 9.10 Å². The van der Waals surface area contributed by atoms with Gasteiger partial charge in [0.2, 0.25) is 15.9 Å². The zero-order chi connectivity index (χ0) is 22.6. The number of anilines is 1. The lowest BCUT2D eigenvalue weighted by Gasteiger charge is -2.32. The topological polar surface area (TPSA) is 66.5 Å². The number of amides is 1. The van der Waals surface area contributed by atoms with E-state index in [1.807, 2.05) is 58.9 Å². The van der Waals surface area contributed by atoms with Crippen LogP contribution in [0.3, 0.4) is 0 Å². The van der Waals surface area contributed by atoms with Gasteiger partial charge in [0, 0.05) is 0 Å². The van der Waals surface area contributed by atoms with Gasteiger partial charge in [-0.1, -0.05) is 38.1 Å². The Morgan fingerprint density at radius 2 is 1.53 bits per heavy atom. The van der Waals surface area contributed by atoms with E-state index in [1.54, 1.807) is 0 Å². The number of rotatable bonds is 8. The van der Waals surface area contributed by atoms with Crippen molar-refractivity contribution in [2.24, 2.45) is 0 Å². The highest BCUT2D eigenvalue weighted by atomic mass is 32.2. The summed E-state index contributed by atoms with van der Waals surface area (Å²) >= 11 is 0. The number of carbonyl (C=O) groups is 1. The highest BCUT2D eigenvalue weighted by Gasteiger charge is 2.32. The van der Waals surface area contributed by atoms with Crippen molar-refractivity contribution < 1.29 is 13.2 Å². The van der Waals surface area contributed by atoms with Crippen LogP contribution >= 0.6 is 0 Å². The predicted molar refractivity (Wildman–Crippen MR) is 124 cm³/mol. The van der Waals surface area contributed by atoms with Crippen molar-refractivity contribution in [3.8, 4) is 0 Å². The normalized spacial score (nSPS) is 13.6. The molecule has 0 aromatic heterocycles. The second kappa shape index (κ2) is 9.65. The minimum Gasteiger partial charge on any atom is -0.347 e. The molecule has 0 radical (unpaired) electrons. The molecule has 2 atom stereocenters. The van der Waals surface area contributed by atoms with Crippen molar-refractivity contribution in [2.75, 3.05) is 10.6 Å². The molecule has 164 valence electrons. The zero-order valence-corrected chi connectivity index (χ0v) is 19.9. The van der Waals surface area contributed by atoms with Crippen molar-refractivity contribution in [1.82, 2.24) is 5.32 Å². The van der Waals surface area contributed by atoms with E-state index in [0.29, 0.717) is 18.5 Å². The standard InChI is InChI=1S/C24H34N2O3S/c1-8-22(20-11-10-18(5)19(6)15-20)25-24(27)23(9-2)26(30(7,28)29)21-13-16(3)12-17(4)14-21/h10-15,22-23H,8-9H2,1-7H3,(H,25,27). The molecule has 2 unspecified atom stereocenters. The van der Waals surface area contributed by atoms with Crippen LogP contribution in [0.1, 0.15) is 60.5 Å². The zero-order valence-electron chi connectivity index (χ0n) is 19.1. The molecule has 0 saturated heterocycles. The Bertz CT molecular complexity index is 995. The average Bonchev–Trinajstić information content (AvgIpc) is 2.64. The molecule has 2 rings (SSSR count). The number of carbonyl (C=O) groups excluding carboxylic acids is 1. The molecule has 0 aliphatic carbocycles. The van der Waals surface area contributed by atoms with Crippen LogP contribution in [0, 0.1) is 27.7 Å². The number of nitrogens with zero attached hydrogens (tertiary/aromatic N) is 1. The molecule has 5 nitrogen and oxygen atoms in total. The number of benzene rings is 2. The van der Waals surface area contributed by atoms with Crippen LogP contribution in [0.4, 0.5) is 5.69 Å². The first-order chi connectivity index (χ1) is 14.0. The molecule has 6 heteroatoms. The maximum Gasteiger partial charge on any atom is 0.244 e. The van der Waals surface area contributed by atoms with Gasteiger partial charge in [0.05, 0.1) is 18.0 Å². The van der Waals surface area contributed by atoms with Gasteiger partial charge in [0.15, 0.2) is 0 Å². The van der Waals surface area contributed by atoms with E-state index in [0.717, 1.165) is 22.9 Å². The molecule has 30 heavy (non-hydrogen) atoms. The Kier molecular flexibility index (Phi) is 7.70. The van der Waals surface area contributed by atoms with E-state index in [4.69, 9.17) is 0 Å². The van der Waals surface area contributed by atoms with E-state index < -0.39 is 16.1 Å². The Balaban J connectivity index is 2.40. The lowest BCUT2D eigenvalue weighted by atomic mass is 9.99. The first kappa shape index (κ1) is 23.9. The van der Waals surface area contributed by atoms with Gasteiger partial charge in [0.25, 0.3) is 0 Å². The summed E-state index contributed by atoms with van der Waals surface area (Å²) in [5.74, 6) is -0.285. The van der Waals surface area contributed by atoms with Crippen LogP contribution in [-0.4, -0.2) is 26.6 Å². The maximum absolute atomic E-state index is 13.3. The lowest BCUT2D eigenvalue weighted by molar-refractivity contribution is -0.123. The molecule has 2 aromatic carbocycles. The molecule has 0 heterocycles. The second-order valence-corrected chi connectivity index (χ2v) is 10.0. The van der Waals surface area contributed by atoms with E-state index in [1.165, 1.54) is 15.4 Å². The molecule has 0 aliphatic rings. The van der Waals surface area contributed by atoms with E-state index >= 15 is 0 Å². The highest BCUT2D eigenvalue weighted by molar-refractivity contribution is 7.92. The fourth-order valence-corrected chi connectivity index (χ4v) is 5.00. The summed E-state index contributed by atoms with van der Waals surface area (Å²) in [6, 6.07) is 10.8. The Labute approximate surface area is 181 Å². The van der Waals surface area contributed by atoms with Crippen molar-refractivity contribution in [3.05, 3.63) is 64.2 Å². The quantitative estimate of drug-likeness (QED) is 0.658. The van der Waals surface area contributed by atoms with Crippen molar-refractivity contribution in [2.45, 2.75) is 66.5 Å². The SMILES string of the molecule is CCC(NC(=O)C(CC)N(c1cc(C)cc(C)c1)S(C)(=O)=O)c1ccc(C)c(C)c1. The molecule has 0 fully saturated rings. The molecule has 1 amide bonds. The highest BCUT2D eigenvalue weighted by Crippen LogP contribution is 2.26. The van der Waals surface area contributed by atoms with Crippen LogP contribution in [-0.2, 0) is 14.8 Å².